The van der Waals surface area contributed by atoms with Gasteiger partial charge in [-0.3, -0.25) is 19.1 Å². The molecule has 4 bridgehead atoms. The lowest BCUT2D eigenvalue weighted by Gasteiger charge is -2.35. The van der Waals surface area contributed by atoms with Gasteiger partial charge in [-0.2, -0.15) is 5.10 Å². The number of benzene rings is 2. The van der Waals surface area contributed by atoms with Crippen molar-refractivity contribution in [3.63, 3.8) is 0 Å². The van der Waals surface area contributed by atoms with Crippen molar-refractivity contribution in [1.29, 1.82) is 0 Å². The lowest BCUT2D eigenvalue weighted by molar-refractivity contribution is -0.135. The zero-order chi connectivity index (χ0) is 25.6. The summed E-state index contributed by atoms with van der Waals surface area (Å²) < 4.78 is 7.61. The van der Waals surface area contributed by atoms with Crippen molar-refractivity contribution in [2.24, 2.45) is 0 Å². The van der Waals surface area contributed by atoms with E-state index in [0.717, 1.165) is 22.4 Å². The number of anilines is 1. The smallest absolute Gasteiger partial charge is 0.244 e. The summed E-state index contributed by atoms with van der Waals surface area (Å²) in [7, 11) is 0. The molecule has 4 heterocycles. The molecule has 2 atom stereocenters. The Bertz CT molecular complexity index is 1380. The molecule has 1 saturated heterocycles. The molecule has 0 saturated carbocycles. The van der Waals surface area contributed by atoms with E-state index < -0.39 is 11.5 Å². The zero-order valence-electron chi connectivity index (χ0n) is 20.7. The number of nitrogens with one attached hydrogen (secondary N) is 1. The molecule has 2 aromatic carbocycles. The highest BCUT2D eigenvalue weighted by Gasteiger charge is 2.61. The number of hydrogen-bond acceptors (Lipinski definition) is 5. The second-order valence-electron chi connectivity index (χ2n) is 9.96. The van der Waals surface area contributed by atoms with Crippen LogP contribution in [0.5, 0.6) is 5.75 Å². The molecule has 6 rings (SSSR count). The van der Waals surface area contributed by atoms with Crippen molar-refractivity contribution >= 4 is 23.4 Å². The summed E-state index contributed by atoms with van der Waals surface area (Å²) in [4.78, 5) is 44.3. The monoisotopic (exact) mass is 499 g/mol. The minimum atomic E-state index is -1.00. The Labute approximate surface area is 215 Å². The van der Waals surface area contributed by atoms with E-state index in [1.165, 1.54) is 0 Å². The summed E-state index contributed by atoms with van der Waals surface area (Å²) in [5.41, 5.74) is 2.39. The van der Waals surface area contributed by atoms with E-state index in [1.54, 1.807) is 20.7 Å². The fourth-order valence-electron chi connectivity index (χ4n) is 6.02. The van der Waals surface area contributed by atoms with E-state index in [-0.39, 0.29) is 30.8 Å². The van der Waals surface area contributed by atoms with E-state index in [1.807, 2.05) is 61.7 Å². The average Bonchev–Trinajstić information content (AvgIpc) is 3.56. The van der Waals surface area contributed by atoms with Crippen LogP contribution in [0.1, 0.15) is 35.6 Å². The van der Waals surface area contributed by atoms with Crippen molar-refractivity contribution in [3.8, 4) is 5.75 Å². The Balaban J connectivity index is 1.49. The van der Waals surface area contributed by atoms with Gasteiger partial charge in [0.2, 0.25) is 17.7 Å². The van der Waals surface area contributed by atoms with E-state index >= 15 is 0 Å². The molecule has 0 aliphatic carbocycles. The maximum atomic E-state index is 14.4. The van der Waals surface area contributed by atoms with Crippen LogP contribution < -0.4 is 15.0 Å². The third-order valence-corrected chi connectivity index (χ3v) is 7.60. The van der Waals surface area contributed by atoms with Gasteiger partial charge in [0.25, 0.3) is 0 Å². The molecule has 9 nitrogen and oxygen atoms in total. The normalized spacial score (nSPS) is 23.1. The van der Waals surface area contributed by atoms with Gasteiger partial charge in [-0.05, 0) is 54.7 Å². The first-order valence-corrected chi connectivity index (χ1v) is 12.7. The van der Waals surface area contributed by atoms with Gasteiger partial charge in [0.05, 0.1) is 18.8 Å². The molecule has 1 N–H and O–H groups in total. The van der Waals surface area contributed by atoms with Crippen molar-refractivity contribution < 1.29 is 19.1 Å². The first kappa shape index (κ1) is 23.3. The number of para-hydroxylation sites is 1. The number of hydrogen-bond donors (Lipinski definition) is 1. The summed E-state index contributed by atoms with van der Waals surface area (Å²) >= 11 is 0. The Morgan fingerprint density at radius 1 is 1.19 bits per heavy atom. The standard InChI is InChI=1S/C28H29N5O4/c1-19-15-30-31(16-19)18-25(35)32-12-10-28-22-8-2-3-9-23(22)33(27(28)36)17-24(34)29-11-5-13-37-21-7-4-6-20(14-21)26(28)32/h2-4,6-9,14-16,26H,5,10-13,17-18H2,1H3,(H,29,34)/t26-,28+/m0/s1. The Kier molecular flexibility index (Phi) is 5.70. The summed E-state index contributed by atoms with van der Waals surface area (Å²) in [6.07, 6.45) is 4.66. The van der Waals surface area contributed by atoms with E-state index in [9.17, 15) is 14.4 Å². The molecular formula is C28H29N5O4. The van der Waals surface area contributed by atoms with Crippen LogP contribution in [0.2, 0.25) is 0 Å². The quantitative estimate of drug-likeness (QED) is 0.584. The summed E-state index contributed by atoms with van der Waals surface area (Å²) in [6, 6.07) is 14.8. The van der Waals surface area contributed by atoms with Crippen molar-refractivity contribution in [2.75, 3.05) is 31.1 Å². The maximum absolute atomic E-state index is 14.4. The maximum Gasteiger partial charge on any atom is 0.244 e. The molecule has 1 aromatic heterocycles. The van der Waals surface area contributed by atoms with Crippen LogP contribution in [0.25, 0.3) is 0 Å². The molecule has 9 heteroatoms. The van der Waals surface area contributed by atoms with E-state index in [2.05, 4.69) is 10.4 Å². The molecule has 0 radical (unpaired) electrons. The van der Waals surface area contributed by atoms with Gasteiger partial charge in [-0.15, -0.1) is 0 Å². The first-order valence-electron chi connectivity index (χ1n) is 12.7. The van der Waals surface area contributed by atoms with E-state index in [0.29, 0.717) is 38.3 Å². The number of carbonyl (C=O) groups excluding carboxylic acids is 3. The number of aryl methyl sites for hydroxylation is 1. The number of likely N-dealkylation sites (tertiary alicyclic amines) is 1. The number of nitrogens with zero attached hydrogens (tertiary/aromatic N) is 4. The Hall–Kier alpha value is -4.14. The van der Waals surface area contributed by atoms with Gasteiger partial charge in [-0.1, -0.05) is 30.3 Å². The van der Waals surface area contributed by atoms with Gasteiger partial charge in [0, 0.05) is 25.0 Å². The van der Waals surface area contributed by atoms with Crippen LogP contribution in [-0.4, -0.2) is 58.6 Å². The molecule has 3 aliphatic rings. The molecular weight excluding hydrogens is 470 g/mol. The summed E-state index contributed by atoms with van der Waals surface area (Å²) in [6.45, 7) is 3.27. The number of aromatic nitrogens is 2. The van der Waals surface area contributed by atoms with Gasteiger partial charge >= 0.3 is 0 Å². The molecule has 3 amide bonds. The van der Waals surface area contributed by atoms with Crippen LogP contribution in [0, 0.1) is 6.92 Å². The SMILES string of the molecule is Cc1cnn(CC(=O)N2CC[C@]34C(=O)N(CC(=O)NCCCOc5cccc(c5)[C@H]23)c2ccccc24)c1. The number of carbonyl (C=O) groups is 3. The number of fused-ring (bicyclic) bond motifs is 6. The second-order valence-corrected chi connectivity index (χ2v) is 9.96. The molecule has 1 fully saturated rings. The number of ether oxygens (including phenoxy) is 1. The highest BCUT2D eigenvalue weighted by atomic mass is 16.5. The second kappa shape index (κ2) is 9.06. The summed E-state index contributed by atoms with van der Waals surface area (Å²) in [5, 5.41) is 7.20. The van der Waals surface area contributed by atoms with Crippen LogP contribution in [0.15, 0.2) is 60.9 Å². The molecule has 0 unspecified atom stereocenters. The van der Waals surface area contributed by atoms with Crippen molar-refractivity contribution in [3.05, 3.63) is 77.6 Å². The topological polar surface area (TPSA) is 96.8 Å². The van der Waals surface area contributed by atoms with Crippen molar-refractivity contribution in [2.45, 2.75) is 37.8 Å². The minimum absolute atomic E-state index is 0.0638. The van der Waals surface area contributed by atoms with Crippen LogP contribution in [-0.2, 0) is 26.3 Å². The fourth-order valence-corrected chi connectivity index (χ4v) is 6.02. The van der Waals surface area contributed by atoms with Crippen LogP contribution >= 0.6 is 0 Å². The highest BCUT2D eigenvalue weighted by molar-refractivity contribution is 6.12. The van der Waals surface area contributed by atoms with E-state index in [4.69, 9.17) is 4.74 Å². The van der Waals surface area contributed by atoms with Gasteiger partial charge < -0.3 is 19.9 Å². The molecule has 3 aromatic rings. The highest BCUT2D eigenvalue weighted by Crippen LogP contribution is 2.56. The zero-order valence-corrected chi connectivity index (χ0v) is 20.7. The van der Waals surface area contributed by atoms with Gasteiger partial charge in [0.15, 0.2) is 0 Å². The summed E-state index contributed by atoms with van der Waals surface area (Å²) in [5.74, 6) is 0.197. The third kappa shape index (κ3) is 3.85. The fraction of sp³-hybridized carbons (Fsp3) is 0.357. The average molecular weight is 500 g/mol. The largest absolute Gasteiger partial charge is 0.494 e. The first-order chi connectivity index (χ1) is 18.0. The number of amides is 3. The lowest BCUT2D eigenvalue weighted by Crippen LogP contribution is -2.48. The Morgan fingerprint density at radius 2 is 2.05 bits per heavy atom. The molecule has 3 aliphatic heterocycles. The van der Waals surface area contributed by atoms with Crippen molar-refractivity contribution in [1.82, 2.24) is 20.0 Å². The van der Waals surface area contributed by atoms with Crippen LogP contribution in [0.3, 0.4) is 0 Å². The third-order valence-electron chi connectivity index (χ3n) is 7.60. The number of rotatable bonds is 2. The Morgan fingerprint density at radius 3 is 2.89 bits per heavy atom. The van der Waals surface area contributed by atoms with Gasteiger partial charge in [-0.25, -0.2) is 0 Å². The van der Waals surface area contributed by atoms with Crippen LogP contribution in [0.4, 0.5) is 5.69 Å². The van der Waals surface area contributed by atoms with Gasteiger partial charge in [0.1, 0.15) is 24.3 Å². The lowest BCUT2D eigenvalue weighted by atomic mass is 9.72. The molecule has 1 spiro atoms. The minimum Gasteiger partial charge on any atom is -0.494 e. The molecule has 190 valence electrons. The predicted octanol–water partition coefficient (Wildman–Crippen LogP) is 2.35. The molecule has 37 heavy (non-hydrogen) atoms. The predicted molar refractivity (Wildman–Crippen MR) is 136 cm³/mol.